The van der Waals surface area contributed by atoms with Gasteiger partial charge in [0.25, 0.3) is 5.69 Å². The van der Waals surface area contributed by atoms with Crippen LogP contribution in [-0.2, 0) is 11.3 Å². The predicted octanol–water partition coefficient (Wildman–Crippen LogP) is 3.62. The average molecular weight is 414 g/mol. The van der Waals surface area contributed by atoms with E-state index in [1.807, 2.05) is 0 Å². The average Bonchev–Trinajstić information content (AvgIpc) is 2.92. The second kappa shape index (κ2) is 8.33. The summed E-state index contributed by atoms with van der Waals surface area (Å²) in [5, 5.41) is 10.9. The minimum atomic E-state index is -4.46. The number of nitrogens with zero attached hydrogens (tertiary/aromatic N) is 2. The summed E-state index contributed by atoms with van der Waals surface area (Å²) in [6.07, 6.45) is -4.46. The highest BCUT2D eigenvalue weighted by atomic mass is 19.4. The maximum atomic E-state index is 12.7. The Kier molecular flexibility index (Phi) is 6.30. The molecule has 156 valence electrons. The number of carbonyl (C=O) groups excluding carboxylic acids is 2. The van der Waals surface area contributed by atoms with E-state index in [9.17, 15) is 32.9 Å². The third-order valence-corrected chi connectivity index (χ3v) is 4.16. The summed E-state index contributed by atoms with van der Waals surface area (Å²) in [6.45, 7) is 0.788. The second-order valence-electron chi connectivity index (χ2n) is 6.13. The molecule has 0 bridgehead atoms. The van der Waals surface area contributed by atoms with Crippen LogP contribution in [0.5, 0.6) is 5.75 Å². The van der Waals surface area contributed by atoms with Crippen LogP contribution in [0, 0.1) is 24.0 Å². The van der Waals surface area contributed by atoms with Gasteiger partial charge in [0.15, 0.2) is 6.61 Å². The van der Waals surface area contributed by atoms with Gasteiger partial charge in [-0.3, -0.25) is 14.9 Å². The van der Waals surface area contributed by atoms with Crippen molar-refractivity contribution in [1.82, 2.24) is 4.57 Å². The Hall–Kier alpha value is -3.37. The van der Waals surface area contributed by atoms with Crippen molar-refractivity contribution in [2.45, 2.75) is 26.6 Å². The first-order chi connectivity index (χ1) is 13.4. The molecule has 0 amide bonds. The van der Waals surface area contributed by atoms with Crippen LogP contribution in [0.4, 0.5) is 18.9 Å². The van der Waals surface area contributed by atoms with Gasteiger partial charge in [-0.2, -0.15) is 13.2 Å². The summed E-state index contributed by atoms with van der Waals surface area (Å²) in [5.74, 6) is -1.73. The van der Waals surface area contributed by atoms with Gasteiger partial charge in [-0.1, -0.05) is 0 Å². The number of nitro benzene ring substituents is 1. The van der Waals surface area contributed by atoms with E-state index in [0.717, 1.165) is 16.7 Å². The maximum Gasteiger partial charge on any atom is 0.406 e. The molecule has 0 saturated heterocycles. The number of carbonyl (C=O) groups is 2. The number of nitro groups is 1. The molecule has 0 spiro atoms. The van der Waals surface area contributed by atoms with Gasteiger partial charge in [-0.25, -0.2) is 4.79 Å². The number of aryl methyl sites for hydroxylation is 1. The Balaban J connectivity index is 2.18. The lowest BCUT2D eigenvalue weighted by Crippen LogP contribution is -2.20. The molecule has 8 nitrogen and oxygen atoms in total. The zero-order valence-electron chi connectivity index (χ0n) is 15.7. The van der Waals surface area contributed by atoms with Crippen LogP contribution in [0.1, 0.15) is 32.1 Å². The lowest BCUT2D eigenvalue weighted by molar-refractivity contribution is -0.384. The van der Waals surface area contributed by atoms with E-state index < -0.39 is 36.0 Å². The van der Waals surface area contributed by atoms with E-state index in [-0.39, 0.29) is 34.0 Å². The van der Waals surface area contributed by atoms with E-state index in [2.05, 4.69) is 0 Å². The molecule has 0 N–H and O–H groups in total. The number of non-ortho nitro benzene ring substituents is 1. The number of ketones is 1. The molecule has 2 aromatic rings. The molecule has 0 saturated carbocycles. The lowest BCUT2D eigenvalue weighted by Gasteiger charge is -2.12. The van der Waals surface area contributed by atoms with Crippen LogP contribution in [-0.4, -0.2) is 41.1 Å². The standard InChI is InChI=1S/C18H17F3N2O6/c1-10-6-13(11(2)22(10)9-18(19,20)21)15(24)8-29-17(25)14-7-12(23(26)27)4-5-16(14)28-3/h4-7H,8-9H2,1-3H3. The van der Waals surface area contributed by atoms with Gasteiger partial charge in [-0.05, 0) is 26.0 Å². The summed E-state index contributed by atoms with van der Waals surface area (Å²) in [4.78, 5) is 34.8. The number of methoxy groups -OCH3 is 1. The molecule has 0 aliphatic rings. The molecule has 0 unspecified atom stereocenters. The highest BCUT2D eigenvalue weighted by Crippen LogP contribution is 2.26. The van der Waals surface area contributed by atoms with Gasteiger partial charge >= 0.3 is 12.1 Å². The normalized spacial score (nSPS) is 11.2. The van der Waals surface area contributed by atoms with Crippen molar-refractivity contribution >= 4 is 17.4 Å². The van der Waals surface area contributed by atoms with Crippen LogP contribution in [0.15, 0.2) is 24.3 Å². The minimum absolute atomic E-state index is 0.00874. The summed E-state index contributed by atoms with van der Waals surface area (Å²) < 4.78 is 48.8. The molecule has 0 aliphatic carbocycles. The van der Waals surface area contributed by atoms with Crippen LogP contribution >= 0.6 is 0 Å². The van der Waals surface area contributed by atoms with E-state index in [4.69, 9.17) is 9.47 Å². The molecule has 2 rings (SSSR count). The number of esters is 1. The molecule has 1 aromatic carbocycles. The van der Waals surface area contributed by atoms with Crippen molar-refractivity contribution in [3.63, 3.8) is 0 Å². The van der Waals surface area contributed by atoms with Gasteiger partial charge < -0.3 is 14.0 Å². The number of rotatable bonds is 7. The van der Waals surface area contributed by atoms with Gasteiger partial charge in [0.1, 0.15) is 17.9 Å². The first-order valence-electron chi connectivity index (χ1n) is 8.21. The van der Waals surface area contributed by atoms with Crippen molar-refractivity contribution in [2.75, 3.05) is 13.7 Å². The molecular weight excluding hydrogens is 397 g/mol. The SMILES string of the molecule is COc1ccc([N+](=O)[O-])cc1C(=O)OCC(=O)c1cc(C)n(CC(F)(F)F)c1C. The maximum absolute atomic E-state index is 12.7. The Bertz CT molecular complexity index is 965. The highest BCUT2D eigenvalue weighted by Gasteiger charge is 2.30. The van der Waals surface area contributed by atoms with Gasteiger partial charge in [0.05, 0.1) is 12.0 Å². The van der Waals surface area contributed by atoms with Crippen molar-refractivity contribution in [2.24, 2.45) is 0 Å². The summed E-state index contributed by atoms with van der Waals surface area (Å²) in [5.41, 5.74) is -0.314. The number of alkyl halides is 3. The molecule has 0 radical (unpaired) electrons. The van der Waals surface area contributed by atoms with E-state index in [1.165, 1.54) is 33.1 Å². The number of Topliss-reactive ketones (excluding diaryl/α,β-unsaturated/α-hetero) is 1. The van der Waals surface area contributed by atoms with E-state index in [0.29, 0.717) is 0 Å². The monoisotopic (exact) mass is 414 g/mol. The molecular formula is C18H17F3N2O6. The van der Waals surface area contributed by atoms with Crippen molar-refractivity contribution in [3.8, 4) is 5.75 Å². The van der Waals surface area contributed by atoms with Crippen LogP contribution in [0.2, 0.25) is 0 Å². The molecule has 0 fully saturated rings. The van der Waals surface area contributed by atoms with Crippen LogP contribution < -0.4 is 4.74 Å². The third-order valence-electron chi connectivity index (χ3n) is 4.16. The smallest absolute Gasteiger partial charge is 0.406 e. The van der Waals surface area contributed by atoms with E-state index in [1.54, 1.807) is 0 Å². The Morgan fingerprint density at radius 3 is 2.38 bits per heavy atom. The Morgan fingerprint density at radius 1 is 1.17 bits per heavy atom. The van der Waals surface area contributed by atoms with Crippen molar-refractivity contribution in [3.05, 3.63) is 56.9 Å². The first kappa shape index (κ1) is 21.9. The molecule has 1 aromatic heterocycles. The minimum Gasteiger partial charge on any atom is -0.496 e. The van der Waals surface area contributed by atoms with Crippen LogP contribution in [0.3, 0.4) is 0 Å². The first-order valence-corrected chi connectivity index (χ1v) is 8.21. The van der Waals surface area contributed by atoms with Gasteiger partial charge in [0, 0.05) is 29.1 Å². The lowest BCUT2D eigenvalue weighted by atomic mass is 10.1. The topological polar surface area (TPSA) is 101 Å². The molecule has 0 atom stereocenters. The number of halogens is 3. The zero-order valence-corrected chi connectivity index (χ0v) is 15.7. The number of hydrogen-bond acceptors (Lipinski definition) is 6. The van der Waals surface area contributed by atoms with E-state index >= 15 is 0 Å². The fourth-order valence-corrected chi connectivity index (χ4v) is 2.76. The fourth-order valence-electron chi connectivity index (χ4n) is 2.76. The molecule has 1 heterocycles. The number of benzene rings is 1. The van der Waals surface area contributed by atoms with Gasteiger partial charge in [-0.15, -0.1) is 0 Å². The number of hydrogen-bond donors (Lipinski definition) is 0. The second-order valence-corrected chi connectivity index (χ2v) is 6.13. The van der Waals surface area contributed by atoms with Gasteiger partial charge in [0.2, 0.25) is 5.78 Å². The summed E-state index contributed by atoms with van der Waals surface area (Å²) >= 11 is 0. The fraction of sp³-hybridized carbons (Fsp3) is 0.333. The molecule has 11 heteroatoms. The van der Waals surface area contributed by atoms with Crippen molar-refractivity contribution in [1.29, 1.82) is 0 Å². The molecule has 0 aliphatic heterocycles. The van der Waals surface area contributed by atoms with Crippen LogP contribution in [0.25, 0.3) is 0 Å². The number of aromatic nitrogens is 1. The zero-order chi connectivity index (χ0) is 21.9. The predicted molar refractivity (Wildman–Crippen MR) is 94.2 cm³/mol. The number of ether oxygens (including phenoxy) is 2. The highest BCUT2D eigenvalue weighted by molar-refractivity contribution is 6.01. The largest absolute Gasteiger partial charge is 0.496 e. The third kappa shape index (κ3) is 5.12. The summed E-state index contributed by atoms with van der Waals surface area (Å²) in [6, 6.07) is 4.57. The Labute approximate surface area is 163 Å². The van der Waals surface area contributed by atoms with Crippen molar-refractivity contribution < 1.29 is 37.2 Å². The Morgan fingerprint density at radius 2 is 1.83 bits per heavy atom. The summed E-state index contributed by atoms with van der Waals surface area (Å²) in [7, 11) is 1.25. The quantitative estimate of drug-likeness (QED) is 0.297. The molecule has 29 heavy (non-hydrogen) atoms.